The lowest BCUT2D eigenvalue weighted by molar-refractivity contribution is -0.114. The summed E-state index contributed by atoms with van der Waals surface area (Å²) in [4.78, 5) is 12.7. The maximum atomic E-state index is 12.7. The quantitative estimate of drug-likeness (QED) is 0.279. The fourth-order valence-electron chi connectivity index (χ4n) is 2.98. The second kappa shape index (κ2) is 9.22. The van der Waals surface area contributed by atoms with Gasteiger partial charge in [0.1, 0.15) is 5.75 Å². The van der Waals surface area contributed by atoms with Crippen molar-refractivity contribution >= 4 is 57.8 Å². The molecule has 1 atom stereocenters. The van der Waals surface area contributed by atoms with Crippen LogP contribution >= 0.6 is 35.6 Å². The molecule has 1 aliphatic heterocycles. The minimum absolute atomic E-state index is 0.436. The lowest BCUT2D eigenvalue weighted by Crippen LogP contribution is -2.54. The van der Waals surface area contributed by atoms with E-state index in [0.717, 1.165) is 5.56 Å². The van der Waals surface area contributed by atoms with Crippen molar-refractivity contribution in [1.29, 1.82) is 0 Å². The molecular weight excluding hydrogens is 444 g/mol. The van der Waals surface area contributed by atoms with Gasteiger partial charge in [-0.15, -0.1) is 0 Å². The zero-order chi connectivity index (χ0) is 21.9. The Kier molecular flexibility index (Phi) is 6.87. The molecule has 2 aromatic carbocycles. The lowest BCUT2D eigenvalue weighted by Gasteiger charge is -2.34. The van der Waals surface area contributed by atoms with E-state index in [0.29, 0.717) is 25.8 Å². The summed E-state index contributed by atoms with van der Waals surface area (Å²) in [6.07, 6.45) is 0.753. The fraction of sp³-hybridized carbons (Fsp3) is 0.250. The number of benzene rings is 2. The molecule has 10 heteroatoms. The number of urea groups is 1. The second-order valence-electron chi connectivity index (χ2n) is 6.96. The SMILES string of the molecule is COc1ccccc1/C=N/N1C(=S)SC(C)(C)C1N(O)C(=O)Nc1cccc(Cl)c1. The van der Waals surface area contributed by atoms with Crippen LogP contribution in [0, 0.1) is 0 Å². The van der Waals surface area contributed by atoms with Gasteiger partial charge in [-0.3, -0.25) is 5.21 Å². The van der Waals surface area contributed by atoms with Crippen molar-refractivity contribution in [2.24, 2.45) is 5.10 Å². The molecule has 1 saturated heterocycles. The molecule has 2 amide bonds. The van der Waals surface area contributed by atoms with Crippen LogP contribution in [0.5, 0.6) is 5.75 Å². The zero-order valence-electron chi connectivity index (χ0n) is 16.6. The number of hydrazone groups is 1. The molecule has 7 nitrogen and oxygen atoms in total. The van der Waals surface area contributed by atoms with E-state index in [-0.39, 0.29) is 0 Å². The number of hydroxylamine groups is 2. The Morgan fingerprint density at radius 2 is 2.10 bits per heavy atom. The monoisotopic (exact) mass is 464 g/mol. The molecule has 2 aromatic rings. The van der Waals surface area contributed by atoms with Gasteiger partial charge in [0.05, 0.1) is 18.1 Å². The van der Waals surface area contributed by atoms with Gasteiger partial charge < -0.3 is 10.1 Å². The van der Waals surface area contributed by atoms with Gasteiger partial charge in [0.15, 0.2) is 10.5 Å². The molecule has 2 N–H and O–H groups in total. The molecule has 1 unspecified atom stereocenters. The number of hydrogen-bond acceptors (Lipinski definition) is 6. The number of nitrogens with one attached hydrogen (secondary N) is 1. The number of amides is 2. The largest absolute Gasteiger partial charge is 0.496 e. The Bertz CT molecular complexity index is 986. The minimum atomic E-state index is -0.833. The first kappa shape index (κ1) is 22.4. The number of rotatable bonds is 5. The highest BCUT2D eigenvalue weighted by molar-refractivity contribution is 8.24. The van der Waals surface area contributed by atoms with Crippen molar-refractivity contribution in [3.8, 4) is 5.75 Å². The molecule has 0 bridgehead atoms. The highest BCUT2D eigenvalue weighted by Gasteiger charge is 2.50. The minimum Gasteiger partial charge on any atom is -0.496 e. The summed E-state index contributed by atoms with van der Waals surface area (Å²) >= 11 is 12.8. The van der Waals surface area contributed by atoms with Gasteiger partial charge in [-0.1, -0.05) is 53.8 Å². The van der Waals surface area contributed by atoms with E-state index in [1.54, 1.807) is 37.6 Å². The van der Waals surface area contributed by atoms with Crippen molar-refractivity contribution in [1.82, 2.24) is 10.1 Å². The summed E-state index contributed by atoms with van der Waals surface area (Å²) in [6, 6.07) is 13.3. The van der Waals surface area contributed by atoms with Gasteiger partial charge in [0.2, 0.25) is 0 Å². The summed E-state index contributed by atoms with van der Waals surface area (Å²) in [6.45, 7) is 3.76. The van der Waals surface area contributed by atoms with E-state index in [9.17, 15) is 10.0 Å². The molecule has 1 heterocycles. The molecule has 1 aliphatic rings. The van der Waals surface area contributed by atoms with Crippen LogP contribution in [0.2, 0.25) is 5.02 Å². The number of nitrogens with zero attached hydrogens (tertiary/aromatic N) is 3. The molecule has 0 radical (unpaired) electrons. The van der Waals surface area contributed by atoms with E-state index >= 15 is 0 Å². The van der Waals surface area contributed by atoms with E-state index in [2.05, 4.69) is 10.4 Å². The van der Waals surface area contributed by atoms with Gasteiger partial charge in [-0.2, -0.15) is 10.2 Å². The van der Waals surface area contributed by atoms with Crippen LogP contribution in [-0.2, 0) is 0 Å². The van der Waals surface area contributed by atoms with Crippen LogP contribution in [0.4, 0.5) is 10.5 Å². The highest BCUT2D eigenvalue weighted by Crippen LogP contribution is 2.42. The third kappa shape index (κ3) is 4.86. The normalized spacial score (nSPS) is 18.0. The number of methoxy groups -OCH3 is 1. The lowest BCUT2D eigenvalue weighted by atomic mass is 10.1. The molecule has 158 valence electrons. The highest BCUT2D eigenvalue weighted by atomic mass is 35.5. The first-order chi connectivity index (χ1) is 14.2. The van der Waals surface area contributed by atoms with Gasteiger partial charge in [-0.05, 0) is 44.2 Å². The third-order valence-corrected chi connectivity index (χ3v) is 6.14. The molecule has 0 saturated carbocycles. The molecule has 1 fully saturated rings. The summed E-state index contributed by atoms with van der Waals surface area (Å²) in [7, 11) is 1.57. The molecule has 3 rings (SSSR count). The van der Waals surface area contributed by atoms with Crippen LogP contribution in [0.25, 0.3) is 0 Å². The summed E-state index contributed by atoms with van der Waals surface area (Å²) in [5.41, 5.74) is 1.20. The first-order valence-corrected chi connectivity index (χ1v) is 10.6. The van der Waals surface area contributed by atoms with Crippen LogP contribution in [0.3, 0.4) is 0 Å². The Morgan fingerprint density at radius 1 is 1.37 bits per heavy atom. The number of halogens is 1. The summed E-state index contributed by atoms with van der Waals surface area (Å²) in [5, 5.41) is 20.3. The van der Waals surface area contributed by atoms with Gasteiger partial charge in [0.25, 0.3) is 0 Å². The predicted octanol–water partition coefficient (Wildman–Crippen LogP) is 5.04. The molecule has 0 aromatic heterocycles. The van der Waals surface area contributed by atoms with Crippen molar-refractivity contribution in [3.63, 3.8) is 0 Å². The van der Waals surface area contributed by atoms with Gasteiger partial charge >= 0.3 is 6.03 Å². The number of thioether (sulfide) groups is 1. The van der Waals surface area contributed by atoms with Crippen LogP contribution in [0.15, 0.2) is 53.6 Å². The standard InChI is InChI=1S/C20H21ClN4O3S2/c1-20(2)17(25(27)18(26)23-15-9-6-8-14(21)11-15)24(19(29)30-20)22-12-13-7-4-5-10-16(13)28-3/h4-12,17,27H,1-3H3,(H,23,26)/b22-12+. The predicted molar refractivity (Wildman–Crippen MR) is 125 cm³/mol. The molecular formula is C20H21ClN4O3S2. The maximum Gasteiger partial charge on any atom is 0.347 e. The van der Waals surface area contributed by atoms with Crippen LogP contribution in [0.1, 0.15) is 19.4 Å². The summed E-state index contributed by atoms with van der Waals surface area (Å²) in [5.74, 6) is 0.648. The fourth-order valence-corrected chi connectivity index (χ4v) is 4.96. The zero-order valence-corrected chi connectivity index (χ0v) is 19.0. The Hall–Kier alpha value is -2.33. The van der Waals surface area contributed by atoms with Crippen molar-refractivity contribution in [2.45, 2.75) is 24.8 Å². The average Bonchev–Trinajstić information content (AvgIpc) is 2.93. The van der Waals surface area contributed by atoms with Crippen molar-refractivity contribution < 1.29 is 14.7 Å². The topological polar surface area (TPSA) is 77.4 Å². The van der Waals surface area contributed by atoms with Gasteiger partial charge in [-0.25, -0.2) is 9.80 Å². The van der Waals surface area contributed by atoms with Gasteiger partial charge in [0, 0.05) is 16.3 Å². The Labute approximate surface area is 189 Å². The first-order valence-electron chi connectivity index (χ1n) is 8.97. The number of anilines is 1. The number of carbonyl (C=O) groups excluding carboxylic acids is 1. The number of ether oxygens (including phenoxy) is 1. The molecule has 30 heavy (non-hydrogen) atoms. The maximum absolute atomic E-state index is 12.7. The average molecular weight is 465 g/mol. The van der Waals surface area contributed by atoms with Crippen molar-refractivity contribution in [2.75, 3.05) is 12.4 Å². The molecule has 0 aliphatic carbocycles. The number of thiocarbonyl (C=S) groups is 1. The number of carbonyl (C=O) groups is 1. The second-order valence-corrected chi connectivity index (χ2v) is 9.69. The molecule has 0 spiro atoms. The van der Waals surface area contributed by atoms with Crippen LogP contribution < -0.4 is 10.1 Å². The van der Waals surface area contributed by atoms with Crippen LogP contribution in [-0.4, -0.2) is 49.9 Å². The van der Waals surface area contributed by atoms with E-state index in [4.69, 9.17) is 28.6 Å². The summed E-state index contributed by atoms with van der Waals surface area (Å²) < 4.78 is 5.15. The van der Waals surface area contributed by atoms with E-state index in [1.165, 1.54) is 16.8 Å². The van der Waals surface area contributed by atoms with Crippen molar-refractivity contribution in [3.05, 3.63) is 59.1 Å². The Balaban J connectivity index is 1.84. The third-order valence-electron chi connectivity index (χ3n) is 4.37. The Morgan fingerprint density at radius 3 is 2.80 bits per heavy atom. The van der Waals surface area contributed by atoms with E-state index in [1.807, 2.05) is 38.1 Å². The van der Waals surface area contributed by atoms with E-state index < -0.39 is 16.9 Å². The number of hydrogen-bond donors (Lipinski definition) is 2. The number of para-hydroxylation sites is 1. The smallest absolute Gasteiger partial charge is 0.347 e.